The summed E-state index contributed by atoms with van der Waals surface area (Å²) in [5.74, 6) is 4.50. The molecular formula is C22H14F6N2O2. The normalized spacial score (nSPS) is 11.6. The maximum Gasteiger partial charge on any atom is 0.416 e. The molecule has 1 amide bonds. The summed E-state index contributed by atoms with van der Waals surface area (Å²) in [4.78, 5) is 16.3. The van der Waals surface area contributed by atoms with Crippen molar-refractivity contribution < 1.29 is 35.9 Å². The second-order valence-electron chi connectivity index (χ2n) is 6.45. The molecule has 2 aromatic carbocycles. The van der Waals surface area contributed by atoms with Crippen LogP contribution in [0.1, 0.15) is 21.5 Å². The molecule has 0 saturated heterocycles. The lowest BCUT2D eigenvalue weighted by atomic mass is 10.0. The Hall–Kier alpha value is -3.74. The number of alkyl halides is 6. The van der Waals surface area contributed by atoms with Crippen LogP contribution in [0, 0.1) is 11.8 Å². The molecule has 0 radical (unpaired) electrons. The van der Waals surface area contributed by atoms with Crippen molar-refractivity contribution in [3.63, 3.8) is 0 Å². The first-order chi connectivity index (χ1) is 15.1. The molecule has 10 heteroatoms. The molecule has 0 aliphatic rings. The average molecular weight is 452 g/mol. The van der Waals surface area contributed by atoms with E-state index in [1.54, 1.807) is 24.4 Å². The number of hydrogen-bond donors (Lipinski definition) is 1. The van der Waals surface area contributed by atoms with Crippen LogP contribution in [0.15, 0.2) is 54.7 Å². The zero-order valence-corrected chi connectivity index (χ0v) is 16.1. The third-order valence-electron chi connectivity index (χ3n) is 4.21. The van der Waals surface area contributed by atoms with Gasteiger partial charge in [-0.05, 0) is 30.3 Å². The van der Waals surface area contributed by atoms with Crippen molar-refractivity contribution in [2.75, 3.05) is 13.2 Å². The molecule has 0 saturated carbocycles. The fourth-order valence-corrected chi connectivity index (χ4v) is 2.73. The first-order valence-corrected chi connectivity index (χ1v) is 9.05. The van der Waals surface area contributed by atoms with Crippen LogP contribution in [0.4, 0.5) is 26.3 Å². The molecule has 0 aliphatic heterocycles. The largest absolute Gasteiger partial charge is 0.479 e. The zero-order valence-electron chi connectivity index (χ0n) is 16.1. The van der Waals surface area contributed by atoms with E-state index in [1.165, 1.54) is 0 Å². The van der Waals surface area contributed by atoms with Gasteiger partial charge in [0, 0.05) is 17.1 Å². The van der Waals surface area contributed by atoms with Crippen molar-refractivity contribution in [2.24, 2.45) is 0 Å². The maximum absolute atomic E-state index is 12.9. The number of carbonyl (C=O) groups excluding carboxylic acids is 1. The van der Waals surface area contributed by atoms with Gasteiger partial charge in [0.05, 0.1) is 17.7 Å². The molecule has 0 aliphatic carbocycles. The molecule has 0 bridgehead atoms. The highest BCUT2D eigenvalue weighted by molar-refractivity contribution is 5.94. The van der Waals surface area contributed by atoms with Crippen molar-refractivity contribution in [1.29, 1.82) is 0 Å². The Morgan fingerprint density at radius 2 is 1.59 bits per heavy atom. The molecule has 3 aromatic rings. The van der Waals surface area contributed by atoms with Crippen LogP contribution in [-0.4, -0.2) is 24.0 Å². The van der Waals surface area contributed by atoms with Gasteiger partial charge < -0.3 is 10.1 Å². The van der Waals surface area contributed by atoms with Gasteiger partial charge >= 0.3 is 12.4 Å². The number of pyridine rings is 1. The molecule has 4 nitrogen and oxygen atoms in total. The number of hydrogen-bond acceptors (Lipinski definition) is 3. The number of benzene rings is 2. The van der Waals surface area contributed by atoms with Gasteiger partial charge in [0.1, 0.15) is 17.9 Å². The summed E-state index contributed by atoms with van der Waals surface area (Å²) < 4.78 is 82.8. The molecule has 1 heterocycles. The first-order valence-electron chi connectivity index (χ1n) is 9.05. The van der Waals surface area contributed by atoms with Crippen molar-refractivity contribution >= 4 is 16.8 Å². The predicted molar refractivity (Wildman–Crippen MR) is 104 cm³/mol. The lowest BCUT2D eigenvalue weighted by molar-refractivity contribution is -0.143. The van der Waals surface area contributed by atoms with Crippen molar-refractivity contribution in [1.82, 2.24) is 10.3 Å². The summed E-state index contributed by atoms with van der Waals surface area (Å²) in [6, 6.07) is 9.63. The molecule has 1 aromatic heterocycles. The maximum atomic E-state index is 12.9. The van der Waals surface area contributed by atoms with Crippen LogP contribution < -0.4 is 10.1 Å². The smallest absolute Gasteiger partial charge is 0.416 e. The van der Waals surface area contributed by atoms with Gasteiger partial charge in [0.15, 0.2) is 0 Å². The number of halogens is 6. The van der Waals surface area contributed by atoms with Crippen LogP contribution in [0.3, 0.4) is 0 Å². The second-order valence-corrected chi connectivity index (χ2v) is 6.45. The third-order valence-corrected chi connectivity index (χ3v) is 4.21. The van der Waals surface area contributed by atoms with Crippen LogP contribution in [0.25, 0.3) is 10.9 Å². The Morgan fingerprint density at radius 1 is 0.938 bits per heavy atom. The number of nitrogens with one attached hydrogen (secondary N) is 1. The van der Waals surface area contributed by atoms with Gasteiger partial charge in [-0.1, -0.05) is 30.0 Å². The fourth-order valence-electron chi connectivity index (χ4n) is 2.73. The van der Waals surface area contributed by atoms with E-state index in [0.717, 1.165) is 5.39 Å². The number of rotatable bonds is 4. The highest BCUT2D eigenvalue weighted by Gasteiger charge is 2.37. The number of carbonyl (C=O) groups is 1. The summed E-state index contributed by atoms with van der Waals surface area (Å²) >= 11 is 0. The van der Waals surface area contributed by atoms with Crippen molar-refractivity contribution in [3.8, 4) is 17.6 Å². The minimum Gasteiger partial charge on any atom is -0.479 e. The van der Waals surface area contributed by atoms with Crippen LogP contribution in [-0.2, 0) is 12.4 Å². The van der Waals surface area contributed by atoms with E-state index in [4.69, 9.17) is 4.74 Å². The highest BCUT2D eigenvalue weighted by Crippen LogP contribution is 2.36. The summed E-state index contributed by atoms with van der Waals surface area (Å²) in [6.45, 7) is -0.360. The molecule has 0 atom stereocenters. The highest BCUT2D eigenvalue weighted by atomic mass is 19.4. The molecule has 3 rings (SSSR count). The van der Waals surface area contributed by atoms with E-state index >= 15 is 0 Å². The molecule has 1 N–H and O–H groups in total. The topological polar surface area (TPSA) is 51.2 Å². The molecular weight excluding hydrogens is 438 g/mol. The number of aromatic nitrogens is 1. The number of nitrogens with zero attached hydrogens (tertiary/aromatic N) is 1. The van der Waals surface area contributed by atoms with Gasteiger partial charge in [-0.25, -0.2) is 0 Å². The van der Waals surface area contributed by atoms with Gasteiger partial charge in [0.2, 0.25) is 0 Å². The van der Waals surface area contributed by atoms with Crippen molar-refractivity contribution in [3.05, 3.63) is 71.4 Å². The Kier molecular flexibility index (Phi) is 6.58. The molecule has 166 valence electrons. The number of fused-ring (bicyclic) bond motifs is 1. The molecule has 0 spiro atoms. The Balaban J connectivity index is 1.62. The Morgan fingerprint density at radius 3 is 2.25 bits per heavy atom. The monoisotopic (exact) mass is 452 g/mol. The lowest BCUT2D eigenvalue weighted by Crippen LogP contribution is -2.25. The lowest BCUT2D eigenvalue weighted by Gasteiger charge is -2.13. The predicted octanol–water partition coefficient (Wildman–Crippen LogP) is 5.08. The SMILES string of the molecule is O=C(NCC#CCOc1cccc2cccnc12)c1cc(C(F)(F)F)cc(C(F)(F)F)c1. The summed E-state index contributed by atoms with van der Waals surface area (Å²) in [5.41, 5.74) is -3.27. The fraction of sp³-hybridized carbons (Fsp3) is 0.182. The van der Waals surface area contributed by atoms with Crippen LogP contribution in [0.5, 0.6) is 5.75 Å². The first kappa shape index (κ1) is 22.9. The molecule has 32 heavy (non-hydrogen) atoms. The third kappa shape index (κ3) is 5.69. The minimum absolute atomic E-state index is 0.0456. The van der Waals surface area contributed by atoms with E-state index in [9.17, 15) is 31.1 Å². The van der Waals surface area contributed by atoms with E-state index in [2.05, 4.69) is 22.1 Å². The number of para-hydroxylation sites is 1. The summed E-state index contributed by atoms with van der Waals surface area (Å²) in [6.07, 6.45) is -8.47. The molecule has 0 fully saturated rings. The minimum atomic E-state index is -5.04. The Labute approximate surface area is 178 Å². The summed E-state index contributed by atoms with van der Waals surface area (Å²) in [5, 5.41) is 3.03. The second kappa shape index (κ2) is 9.18. The Bertz CT molecular complexity index is 1160. The average Bonchev–Trinajstić information content (AvgIpc) is 2.74. The number of ether oxygens (including phenoxy) is 1. The number of amides is 1. The van der Waals surface area contributed by atoms with E-state index in [1.807, 2.05) is 12.1 Å². The summed E-state index contributed by atoms with van der Waals surface area (Å²) in [7, 11) is 0. The molecule has 0 unspecified atom stereocenters. The van der Waals surface area contributed by atoms with Crippen LogP contribution >= 0.6 is 0 Å². The van der Waals surface area contributed by atoms with Gasteiger partial charge in [0.25, 0.3) is 5.91 Å². The van der Waals surface area contributed by atoms with Gasteiger partial charge in [-0.15, -0.1) is 0 Å². The van der Waals surface area contributed by atoms with Gasteiger partial charge in [-0.2, -0.15) is 26.3 Å². The van der Waals surface area contributed by atoms with Crippen LogP contribution in [0.2, 0.25) is 0 Å². The standard InChI is InChI=1S/C22H14F6N2O2/c23-21(24,25)16-11-15(12-17(13-16)22(26,27)28)20(31)30-8-1-2-10-32-18-7-3-5-14-6-4-9-29-19(14)18/h3-7,9,11-13H,8,10H2,(H,30,31). The zero-order chi connectivity index (χ0) is 23.4. The van der Waals surface area contributed by atoms with E-state index < -0.39 is 35.0 Å². The van der Waals surface area contributed by atoms with E-state index in [-0.39, 0.29) is 19.2 Å². The van der Waals surface area contributed by atoms with Crippen molar-refractivity contribution in [2.45, 2.75) is 12.4 Å². The van der Waals surface area contributed by atoms with E-state index in [0.29, 0.717) is 23.4 Å². The quantitative estimate of drug-likeness (QED) is 0.444. The van der Waals surface area contributed by atoms with Gasteiger partial charge in [-0.3, -0.25) is 9.78 Å².